The van der Waals surface area contributed by atoms with Crippen molar-refractivity contribution in [3.8, 4) is 0 Å². The van der Waals surface area contributed by atoms with E-state index in [9.17, 15) is 0 Å². The molecule has 1 aromatic heterocycles. The Labute approximate surface area is 106 Å². The largest absolute Gasteiger partial charge is 0.271 e. The Morgan fingerprint density at radius 1 is 1.18 bits per heavy atom. The van der Waals surface area contributed by atoms with Gasteiger partial charge in [-0.05, 0) is 24.1 Å². The summed E-state index contributed by atoms with van der Waals surface area (Å²) in [4.78, 5) is 4.27. The van der Waals surface area contributed by atoms with Gasteiger partial charge in [0.1, 0.15) is 0 Å². The third-order valence-electron chi connectivity index (χ3n) is 2.59. The van der Waals surface area contributed by atoms with E-state index in [2.05, 4.69) is 22.5 Å². The topological polar surface area (TPSA) is 50.9 Å². The molecule has 2 aromatic rings. The molecule has 0 bridgehead atoms. The van der Waals surface area contributed by atoms with Gasteiger partial charge in [0, 0.05) is 6.20 Å². The fourth-order valence-electron chi connectivity index (χ4n) is 1.69. The van der Waals surface area contributed by atoms with Crippen molar-refractivity contribution < 1.29 is 0 Å². The lowest BCUT2D eigenvalue weighted by Crippen LogP contribution is -2.30. The standard InChI is InChI=1S/C13H14ClN3/c14-11-6-7-12(16-9-11)13(17-15)8-10-4-2-1-3-5-10/h1-7,9,13,17H,8,15H2. The van der Waals surface area contributed by atoms with Gasteiger partial charge in [0.25, 0.3) is 0 Å². The molecule has 0 aliphatic rings. The van der Waals surface area contributed by atoms with Gasteiger partial charge in [-0.2, -0.15) is 0 Å². The fraction of sp³-hybridized carbons (Fsp3) is 0.154. The predicted octanol–water partition coefficient (Wildman–Crippen LogP) is 2.48. The van der Waals surface area contributed by atoms with E-state index in [1.165, 1.54) is 5.56 Å². The van der Waals surface area contributed by atoms with Gasteiger partial charge in [0.2, 0.25) is 0 Å². The van der Waals surface area contributed by atoms with Crippen molar-refractivity contribution in [3.63, 3.8) is 0 Å². The average molecular weight is 248 g/mol. The molecule has 0 saturated heterocycles. The number of benzene rings is 1. The number of nitrogens with zero attached hydrogens (tertiary/aromatic N) is 1. The van der Waals surface area contributed by atoms with Gasteiger partial charge in [0.05, 0.1) is 16.8 Å². The number of nitrogens with one attached hydrogen (secondary N) is 1. The fourth-order valence-corrected chi connectivity index (χ4v) is 1.80. The third-order valence-corrected chi connectivity index (χ3v) is 2.81. The van der Waals surface area contributed by atoms with Crippen LogP contribution in [0.2, 0.25) is 5.02 Å². The first-order chi connectivity index (χ1) is 8.29. The highest BCUT2D eigenvalue weighted by atomic mass is 35.5. The molecule has 0 aliphatic heterocycles. The number of pyridine rings is 1. The van der Waals surface area contributed by atoms with Crippen LogP contribution in [-0.2, 0) is 6.42 Å². The van der Waals surface area contributed by atoms with Crippen LogP contribution in [0, 0.1) is 0 Å². The lowest BCUT2D eigenvalue weighted by Gasteiger charge is -2.15. The van der Waals surface area contributed by atoms with Gasteiger partial charge in [-0.25, -0.2) is 0 Å². The molecule has 3 nitrogen and oxygen atoms in total. The molecule has 0 spiro atoms. The summed E-state index contributed by atoms with van der Waals surface area (Å²) in [5, 5.41) is 0.629. The molecule has 0 aliphatic carbocycles. The van der Waals surface area contributed by atoms with Crippen LogP contribution < -0.4 is 11.3 Å². The minimum absolute atomic E-state index is 0.00494. The average Bonchev–Trinajstić information content (AvgIpc) is 2.38. The molecule has 1 heterocycles. The quantitative estimate of drug-likeness (QED) is 0.645. The van der Waals surface area contributed by atoms with Crippen LogP contribution in [0.4, 0.5) is 0 Å². The normalized spacial score (nSPS) is 12.4. The monoisotopic (exact) mass is 247 g/mol. The summed E-state index contributed by atoms with van der Waals surface area (Å²) in [5.74, 6) is 5.57. The molecule has 1 aromatic carbocycles. The molecular formula is C13H14ClN3. The Morgan fingerprint density at radius 2 is 1.94 bits per heavy atom. The second-order valence-corrected chi connectivity index (χ2v) is 4.25. The van der Waals surface area contributed by atoms with E-state index in [1.54, 1.807) is 6.20 Å². The Morgan fingerprint density at radius 3 is 2.53 bits per heavy atom. The Kier molecular flexibility index (Phi) is 4.09. The summed E-state index contributed by atoms with van der Waals surface area (Å²) >= 11 is 5.81. The van der Waals surface area contributed by atoms with Gasteiger partial charge >= 0.3 is 0 Å². The lowest BCUT2D eigenvalue weighted by atomic mass is 10.0. The zero-order valence-corrected chi connectivity index (χ0v) is 10.1. The maximum absolute atomic E-state index is 5.81. The molecule has 88 valence electrons. The van der Waals surface area contributed by atoms with Crippen LogP contribution in [0.25, 0.3) is 0 Å². The SMILES string of the molecule is NNC(Cc1ccccc1)c1ccc(Cl)cn1. The minimum atomic E-state index is -0.00494. The first kappa shape index (κ1) is 12.0. The van der Waals surface area contributed by atoms with Gasteiger partial charge in [-0.1, -0.05) is 41.9 Å². The molecule has 0 amide bonds. The maximum Gasteiger partial charge on any atom is 0.0672 e. The summed E-state index contributed by atoms with van der Waals surface area (Å²) in [7, 11) is 0. The van der Waals surface area contributed by atoms with E-state index >= 15 is 0 Å². The van der Waals surface area contributed by atoms with E-state index in [4.69, 9.17) is 17.4 Å². The third kappa shape index (κ3) is 3.27. The number of hydrogen-bond acceptors (Lipinski definition) is 3. The number of rotatable bonds is 4. The minimum Gasteiger partial charge on any atom is -0.271 e. The molecule has 2 rings (SSSR count). The van der Waals surface area contributed by atoms with Crippen molar-refractivity contribution in [2.45, 2.75) is 12.5 Å². The highest BCUT2D eigenvalue weighted by Gasteiger charge is 2.11. The maximum atomic E-state index is 5.81. The van der Waals surface area contributed by atoms with Gasteiger partial charge in [-0.3, -0.25) is 16.3 Å². The van der Waals surface area contributed by atoms with Crippen LogP contribution in [0.5, 0.6) is 0 Å². The molecule has 4 heteroatoms. The van der Waals surface area contributed by atoms with E-state index < -0.39 is 0 Å². The Bertz CT molecular complexity index is 456. The molecule has 1 unspecified atom stereocenters. The number of nitrogens with two attached hydrogens (primary N) is 1. The van der Waals surface area contributed by atoms with Crippen molar-refractivity contribution in [1.82, 2.24) is 10.4 Å². The molecule has 1 atom stereocenters. The van der Waals surface area contributed by atoms with Crippen LogP contribution in [0.1, 0.15) is 17.3 Å². The van der Waals surface area contributed by atoms with Crippen molar-refractivity contribution in [2.24, 2.45) is 5.84 Å². The predicted molar refractivity (Wildman–Crippen MR) is 69.5 cm³/mol. The Hall–Kier alpha value is -1.42. The van der Waals surface area contributed by atoms with Crippen LogP contribution in [-0.4, -0.2) is 4.98 Å². The van der Waals surface area contributed by atoms with E-state index in [0.717, 1.165) is 12.1 Å². The zero-order valence-electron chi connectivity index (χ0n) is 9.31. The Balaban J connectivity index is 2.14. The summed E-state index contributed by atoms with van der Waals surface area (Å²) < 4.78 is 0. The van der Waals surface area contributed by atoms with Crippen LogP contribution in [0.3, 0.4) is 0 Å². The second kappa shape index (κ2) is 5.77. The molecule has 0 saturated carbocycles. The van der Waals surface area contributed by atoms with Gasteiger partial charge in [0.15, 0.2) is 0 Å². The number of halogens is 1. The first-order valence-corrected chi connectivity index (χ1v) is 5.79. The summed E-state index contributed by atoms with van der Waals surface area (Å²) in [5.41, 5.74) is 4.89. The summed E-state index contributed by atoms with van der Waals surface area (Å²) in [6, 6.07) is 13.9. The van der Waals surface area contributed by atoms with E-state index in [1.807, 2.05) is 30.3 Å². The highest BCUT2D eigenvalue weighted by Crippen LogP contribution is 2.17. The summed E-state index contributed by atoms with van der Waals surface area (Å²) in [6.07, 6.45) is 2.43. The van der Waals surface area contributed by atoms with Crippen LogP contribution in [0.15, 0.2) is 48.7 Å². The van der Waals surface area contributed by atoms with Crippen molar-refractivity contribution in [1.29, 1.82) is 0 Å². The van der Waals surface area contributed by atoms with Crippen molar-refractivity contribution in [2.75, 3.05) is 0 Å². The van der Waals surface area contributed by atoms with Crippen molar-refractivity contribution in [3.05, 3.63) is 64.9 Å². The number of hydrazine groups is 1. The molecule has 0 radical (unpaired) electrons. The molecule has 3 N–H and O–H groups in total. The van der Waals surface area contributed by atoms with Crippen molar-refractivity contribution >= 4 is 11.6 Å². The first-order valence-electron chi connectivity index (χ1n) is 5.41. The number of hydrogen-bond donors (Lipinski definition) is 2. The highest BCUT2D eigenvalue weighted by molar-refractivity contribution is 6.30. The van der Waals surface area contributed by atoms with E-state index in [-0.39, 0.29) is 6.04 Å². The molecule has 0 fully saturated rings. The smallest absolute Gasteiger partial charge is 0.0672 e. The second-order valence-electron chi connectivity index (χ2n) is 3.81. The van der Waals surface area contributed by atoms with E-state index in [0.29, 0.717) is 5.02 Å². The summed E-state index contributed by atoms with van der Waals surface area (Å²) in [6.45, 7) is 0. The molecular weight excluding hydrogens is 234 g/mol. The lowest BCUT2D eigenvalue weighted by molar-refractivity contribution is 0.538. The van der Waals surface area contributed by atoms with Gasteiger partial charge < -0.3 is 0 Å². The van der Waals surface area contributed by atoms with Crippen LogP contribution >= 0.6 is 11.6 Å². The zero-order chi connectivity index (χ0) is 12.1. The van der Waals surface area contributed by atoms with Gasteiger partial charge in [-0.15, -0.1) is 0 Å². The number of aromatic nitrogens is 1. The molecule has 17 heavy (non-hydrogen) atoms.